The fourth-order valence-corrected chi connectivity index (χ4v) is 4.67. The van der Waals surface area contributed by atoms with Crippen LogP contribution in [-0.4, -0.2) is 19.5 Å². The number of aromatic carboxylic acids is 1. The molecule has 106 valence electrons. The fourth-order valence-electron chi connectivity index (χ4n) is 1.63. The van der Waals surface area contributed by atoms with Crippen molar-refractivity contribution in [2.24, 2.45) is 0 Å². The summed E-state index contributed by atoms with van der Waals surface area (Å²) in [5.74, 6) is -1.58. The monoisotopic (exact) mass is 350 g/mol. The van der Waals surface area contributed by atoms with Crippen LogP contribution in [-0.2, 0) is 15.6 Å². The summed E-state index contributed by atoms with van der Waals surface area (Å²) in [6, 6.07) is 5.61. The zero-order valence-electron chi connectivity index (χ0n) is 9.84. The van der Waals surface area contributed by atoms with Gasteiger partial charge >= 0.3 is 5.97 Å². The van der Waals surface area contributed by atoms with Gasteiger partial charge in [0, 0.05) is 5.02 Å². The Morgan fingerprint density at radius 3 is 2.60 bits per heavy atom. The highest BCUT2D eigenvalue weighted by molar-refractivity contribution is 7.90. The maximum atomic E-state index is 12.3. The Hall–Kier alpha value is -1.08. The zero-order chi connectivity index (χ0) is 14.9. The second-order valence-corrected chi connectivity index (χ2v) is 7.63. The van der Waals surface area contributed by atoms with Gasteiger partial charge in [-0.1, -0.05) is 23.2 Å². The van der Waals surface area contributed by atoms with Crippen molar-refractivity contribution in [1.29, 1.82) is 0 Å². The van der Waals surface area contributed by atoms with Crippen molar-refractivity contribution in [1.82, 2.24) is 0 Å². The lowest BCUT2D eigenvalue weighted by Crippen LogP contribution is -2.08. The molecule has 1 aromatic heterocycles. The zero-order valence-corrected chi connectivity index (χ0v) is 13.0. The molecule has 2 rings (SSSR count). The molecule has 0 aliphatic rings. The molecule has 0 unspecified atom stereocenters. The lowest BCUT2D eigenvalue weighted by Gasteiger charge is -2.07. The maximum absolute atomic E-state index is 12.3. The predicted octanol–water partition coefficient (Wildman–Crippen LogP) is 3.73. The molecule has 8 heteroatoms. The molecule has 0 saturated heterocycles. The van der Waals surface area contributed by atoms with Gasteiger partial charge in [-0.05, 0) is 35.2 Å². The minimum Gasteiger partial charge on any atom is -0.477 e. The number of carboxylic acid groups (broad SMARTS) is 1. The summed E-state index contributed by atoms with van der Waals surface area (Å²) in [6.45, 7) is 0. The smallest absolute Gasteiger partial charge is 0.346 e. The molecule has 0 saturated carbocycles. The van der Waals surface area contributed by atoms with Crippen molar-refractivity contribution < 1.29 is 18.3 Å². The van der Waals surface area contributed by atoms with Crippen LogP contribution in [0.3, 0.4) is 0 Å². The highest BCUT2D eigenvalue weighted by atomic mass is 35.5. The third kappa shape index (κ3) is 3.15. The van der Waals surface area contributed by atoms with Gasteiger partial charge in [-0.2, -0.15) is 0 Å². The Morgan fingerprint density at radius 1 is 1.25 bits per heavy atom. The molecule has 0 aliphatic carbocycles. The standard InChI is InChI=1S/C12H8Cl2O4S2/c13-8-1-2-9(14)10(5-8)20(17,18)6-7-3-4-19-11(7)12(15)16/h1-5H,6H2,(H,15,16). The molecule has 20 heavy (non-hydrogen) atoms. The largest absolute Gasteiger partial charge is 0.477 e. The van der Waals surface area contributed by atoms with Crippen LogP contribution in [0.5, 0.6) is 0 Å². The molecule has 0 spiro atoms. The van der Waals surface area contributed by atoms with E-state index in [1.165, 1.54) is 29.6 Å². The summed E-state index contributed by atoms with van der Waals surface area (Å²) in [7, 11) is -3.77. The molecule has 0 fully saturated rings. The number of halogens is 2. The molecule has 0 amide bonds. The Morgan fingerprint density at radius 2 is 1.95 bits per heavy atom. The summed E-state index contributed by atoms with van der Waals surface area (Å²) < 4.78 is 24.6. The van der Waals surface area contributed by atoms with Gasteiger partial charge in [-0.15, -0.1) is 11.3 Å². The number of carboxylic acids is 1. The second-order valence-electron chi connectivity index (χ2n) is 3.91. The minimum absolute atomic E-state index is 0.00623. The van der Waals surface area contributed by atoms with Crippen LogP contribution in [0.4, 0.5) is 0 Å². The first-order chi connectivity index (χ1) is 9.31. The predicted molar refractivity (Wildman–Crippen MR) is 78.6 cm³/mol. The van der Waals surface area contributed by atoms with Crippen molar-refractivity contribution in [3.8, 4) is 0 Å². The van der Waals surface area contributed by atoms with Gasteiger partial charge in [0.1, 0.15) is 4.88 Å². The van der Waals surface area contributed by atoms with E-state index < -0.39 is 21.6 Å². The van der Waals surface area contributed by atoms with Crippen LogP contribution >= 0.6 is 34.5 Å². The Balaban J connectivity index is 2.44. The van der Waals surface area contributed by atoms with Crippen LogP contribution in [0.1, 0.15) is 15.2 Å². The van der Waals surface area contributed by atoms with Crippen molar-refractivity contribution in [3.05, 3.63) is 50.1 Å². The van der Waals surface area contributed by atoms with Crippen molar-refractivity contribution in [2.75, 3.05) is 0 Å². The fraction of sp³-hybridized carbons (Fsp3) is 0.0833. The highest BCUT2D eigenvalue weighted by Gasteiger charge is 2.23. The summed E-state index contributed by atoms with van der Waals surface area (Å²) in [4.78, 5) is 10.9. The summed E-state index contributed by atoms with van der Waals surface area (Å²) in [6.07, 6.45) is 0. The quantitative estimate of drug-likeness (QED) is 0.911. The topological polar surface area (TPSA) is 71.4 Å². The van der Waals surface area contributed by atoms with Gasteiger partial charge in [0.15, 0.2) is 9.84 Å². The van der Waals surface area contributed by atoms with Crippen LogP contribution in [0.15, 0.2) is 34.5 Å². The number of rotatable bonds is 4. The van der Waals surface area contributed by atoms with Crippen LogP contribution < -0.4 is 0 Å². The normalized spacial score (nSPS) is 11.5. The Bertz CT molecular complexity index is 766. The van der Waals surface area contributed by atoms with E-state index in [1.807, 2.05) is 0 Å². The van der Waals surface area contributed by atoms with Gasteiger partial charge < -0.3 is 5.11 Å². The molecule has 1 N–H and O–H groups in total. The van der Waals surface area contributed by atoms with Gasteiger partial charge in [0.25, 0.3) is 0 Å². The maximum Gasteiger partial charge on any atom is 0.346 e. The summed E-state index contributed by atoms with van der Waals surface area (Å²) in [5, 5.41) is 10.8. The first-order valence-corrected chi connectivity index (χ1v) is 8.57. The average molecular weight is 351 g/mol. The molecule has 0 bridgehead atoms. The van der Waals surface area contributed by atoms with Gasteiger partial charge in [-0.25, -0.2) is 13.2 Å². The molecule has 1 heterocycles. The van der Waals surface area contributed by atoms with Gasteiger partial charge in [0.2, 0.25) is 0 Å². The number of hydrogen-bond donors (Lipinski definition) is 1. The van der Waals surface area contributed by atoms with Gasteiger partial charge in [-0.3, -0.25) is 0 Å². The number of hydrogen-bond acceptors (Lipinski definition) is 4. The van der Waals surface area contributed by atoms with E-state index in [1.54, 1.807) is 0 Å². The number of benzene rings is 1. The van der Waals surface area contributed by atoms with Crippen LogP contribution in [0, 0.1) is 0 Å². The van der Waals surface area contributed by atoms with E-state index in [2.05, 4.69) is 0 Å². The number of thiophene rings is 1. The van der Waals surface area contributed by atoms with E-state index in [9.17, 15) is 13.2 Å². The molecule has 1 aromatic carbocycles. The van der Waals surface area contributed by atoms with Crippen LogP contribution in [0.2, 0.25) is 10.0 Å². The Kier molecular flexibility index (Phi) is 4.39. The van der Waals surface area contributed by atoms with Crippen LogP contribution in [0.25, 0.3) is 0 Å². The molecule has 0 radical (unpaired) electrons. The molecule has 2 aromatic rings. The molecular formula is C12H8Cl2O4S2. The van der Waals surface area contributed by atoms with E-state index in [-0.39, 0.29) is 25.4 Å². The first kappa shape index (κ1) is 15.3. The SMILES string of the molecule is O=C(O)c1sccc1CS(=O)(=O)c1cc(Cl)ccc1Cl. The molecule has 0 aliphatic heterocycles. The lowest BCUT2D eigenvalue weighted by molar-refractivity contribution is 0.0701. The van der Waals surface area contributed by atoms with Crippen molar-refractivity contribution in [2.45, 2.75) is 10.6 Å². The first-order valence-electron chi connectivity index (χ1n) is 5.29. The third-order valence-electron chi connectivity index (χ3n) is 2.51. The summed E-state index contributed by atoms with van der Waals surface area (Å²) >= 11 is 12.6. The molecule has 0 atom stereocenters. The minimum atomic E-state index is -3.77. The van der Waals surface area contributed by atoms with Crippen molar-refractivity contribution in [3.63, 3.8) is 0 Å². The molecule has 4 nitrogen and oxygen atoms in total. The summed E-state index contributed by atoms with van der Waals surface area (Å²) in [5.41, 5.74) is 0.235. The third-order valence-corrected chi connectivity index (χ3v) is 5.84. The Labute approximate surface area is 129 Å². The number of sulfone groups is 1. The lowest BCUT2D eigenvalue weighted by atomic mass is 10.3. The van der Waals surface area contributed by atoms with E-state index in [0.717, 1.165) is 11.3 Å². The van der Waals surface area contributed by atoms with E-state index in [4.69, 9.17) is 28.3 Å². The van der Waals surface area contributed by atoms with Gasteiger partial charge in [0.05, 0.1) is 15.7 Å². The highest BCUT2D eigenvalue weighted by Crippen LogP contribution is 2.29. The van der Waals surface area contributed by atoms with Crippen molar-refractivity contribution >= 4 is 50.3 Å². The molecular weight excluding hydrogens is 343 g/mol. The van der Waals surface area contributed by atoms with E-state index in [0.29, 0.717) is 0 Å². The average Bonchev–Trinajstić information content (AvgIpc) is 2.79. The van der Waals surface area contributed by atoms with E-state index >= 15 is 0 Å². The second kappa shape index (κ2) is 5.73. The number of carbonyl (C=O) groups is 1.